The average Bonchev–Trinajstić information content (AvgIpc) is 2.41. The summed E-state index contributed by atoms with van der Waals surface area (Å²) in [5.74, 6) is 0.848. The minimum Gasteiger partial charge on any atom is -0.497 e. The standard InChI is InChI=1S/C15H22BrNO3/c1-17(11-15(18)5-7-20-8-6-15)10-12-9-13(19-2)3-4-14(12)16/h3-4,9,18H,5-8,10-11H2,1-2H3. The molecule has 0 atom stereocenters. The lowest BCUT2D eigenvalue weighted by atomic mass is 9.94. The van der Waals surface area contributed by atoms with Gasteiger partial charge in [-0.2, -0.15) is 0 Å². The first kappa shape index (κ1) is 15.8. The topological polar surface area (TPSA) is 41.9 Å². The van der Waals surface area contributed by atoms with E-state index in [9.17, 15) is 5.11 Å². The Morgan fingerprint density at radius 1 is 1.40 bits per heavy atom. The molecular formula is C15H22BrNO3. The van der Waals surface area contributed by atoms with E-state index in [1.165, 1.54) is 0 Å². The summed E-state index contributed by atoms with van der Waals surface area (Å²) in [6, 6.07) is 5.94. The number of nitrogens with zero attached hydrogens (tertiary/aromatic N) is 1. The molecule has 0 radical (unpaired) electrons. The molecule has 0 unspecified atom stereocenters. The van der Waals surface area contributed by atoms with Gasteiger partial charge in [0.1, 0.15) is 5.75 Å². The van der Waals surface area contributed by atoms with Crippen LogP contribution in [0.3, 0.4) is 0 Å². The van der Waals surface area contributed by atoms with Crippen molar-refractivity contribution < 1.29 is 14.6 Å². The molecule has 0 bridgehead atoms. The maximum Gasteiger partial charge on any atom is 0.119 e. The SMILES string of the molecule is COc1ccc(Br)c(CN(C)CC2(O)CCOCC2)c1. The fourth-order valence-corrected chi connectivity index (χ4v) is 2.93. The third-order valence-corrected chi connectivity index (χ3v) is 4.45. The largest absolute Gasteiger partial charge is 0.497 e. The van der Waals surface area contributed by atoms with Crippen LogP contribution in [0.5, 0.6) is 5.75 Å². The molecule has 1 aromatic carbocycles. The molecule has 5 heteroatoms. The van der Waals surface area contributed by atoms with Gasteiger partial charge in [0.15, 0.2) is 0 Å². The number of ether oxygens (including phenoxy) is 2. The number of likely N-dealkylation sites (N-methyl/N-ethyl adjacent to an activating group) is 1. The van der Waals surface area contributed by atoms with Crippen molar-refractivity contribution in [2.75, 3.05) is 33.9 Å². The maximum absolute atomic E-state index is 10.5. The predicted molar refractivity (Wildman–Crippen MR) is 82.0 cm³/mol. The maximum atomic E-state index is 10.5. The number of rotatable bonds is 5. The molecule has 0 saturated carbocycles. The highest BCUT2D eigenvalue weighted by molar-refractivity contribution is 9.10. The van der Waals surface area contributed by atoms with Crippen LogP contribution in [0.2, 0.25) is 0 Å². The summed E-state index contributed by atoms with van der Waals surface area (Å²) >= 11 is 3.56. The van der Waals surface area contributed by atoms with Gasteiger partial charge < -0.3 is 14.6 Å². The van der Waals surface area contributed by atoms with E-state index in [-0.39, 0.29) is 0 Å². The van der Waals surface area contributed by atoms with Crippen molar-refractivity contribution in [3.8, 4) is 5.75 Å². The zero-order valence-corrected chi connectivity index (χ0v) is 13.6. The molecule has 0 amide bonds. The van der Waals surface area contributed by atoms with Gasteiger partial charge in [-0.25, -0.2) is 0 Å². The van der Waals surface area contributed by atoms with Crippen LogP contribution >= 0.6 is 15.9 Å². The molecule has 1 N–H and O–H groups in total. The van der Waals surface area contributed by atoms with E-state index in [0.717, 1.165) is 22.3 Å². The molecule has 0 aromatic heterocycles. The van der Waals surface area contributed by atoms with Gasteiger partial charge >= 0.3 is 0 Å². The molecule has 1 aromatic rings. The van der Waals surface area contributed by atoms with Crippen molar-refractivity contribution in [1.29, 1.82) is 0 Å². The van der Waals surface area contributed by atoms with Gasteiger partial charge in [-0.05, 0) is 30.8 Å². The quantitative estimate of drug-likeness (QED) is 0.891. The van der Waals surface area contributed by atoms with Crippen LogP contribution in [-0.2, 0) is 11.3 Å². The Labute approximate surface area is 128 Å². The molecule has 1 fully saturated rings. The summed E-state index contributed by atoms with van der Waals surface area (Å²) in [5.41, 5.74) is 0.528. The van der Waals surface area contributed by atoms with Crippen LogP contribution in [0.15, 0.2) is 22.7 Å². The second kappa shape index (κ2) is 6.89. The monoisotopic (exact) mass is 343 g/mol. The molecule has 20 heavy (non-hydrogen) atoms. The number of methoxy groups -OCH3 is 1. The first-order chi connectivity index (χ1) is 9.52. The van der Waals surface area contributed by atoms with Crippen LogP contribution in [0.25, 0.3) is 0 Å². The van der Waals surface area contributed by atoms with Gasteiger partial charge in [0.05, 0.1) is 12.7 Å². The summed E-state index contributed by atoms with van der Waals surface area (Å²) in [5, 5.41) is 10.5. The molecular weight excluding hydrogens is 322 g/mol. The molecule has 2 rings (SSSR count). The predicted octanol–water partition coefficient (Wildman–Crippen LogP) is 2.43. The van der Waals surface area contributed by atoms with Crippen LogP contribution in [0, 0.1) is 0 Å². The van der Waals surface area contributed by atoms with Gasteiger partial charge in [0, 0.05) is 43.6 Å². The minimum absolute atomic E-state index is 0.627. The Bertz CT molecular complexity index is 447. The second-order valence-corrected chi connectivity index (χ2v) is 6.32. The van der Waals surface area contributed by atoms with Gasteiger partial charge in [-0.3, -0.25) is 4.90 Å². The Morgan fingerprint density at radius 3 is 2.75 bits per heavy atom. The molecule has 1 aliphatic heterocycles. The fraction of sp³-hybridized carbons (Fsp3) is 0.600. The Kier molecular flexibility index (Phi) is 5.43. The Morgan fingerprint density at radius 2 is 2.10 bits per heavy atom. The van der Waals surface area contributed by atoms with Crippen LogP contribution in [0.1, 0.15) is 18.4 Å². The van der Waals surface area contributed by atoms with Crippen molar-refractivity contribution in [3.63, 3.8) is 0 Å². The average molecular weight is 344 g/mol. The molecule has 0 spiro atoms. The second-order valence-electron chi connectivity index (χ2n) is 5.47. The number of hydrogen-bond donors (Lipinski definition) is 1. The fourth-order valence-electron chi connectivity index (χ4n) is 2.56. The summed E-state index contributed by atoms with van der Waals surface area (Å²) < 4.78 is 11.6. The highest BCUT2D eigenvalue weighted by atomic mass is 79.9. The molecule has 1 aliphatic rings. The summed E-state index contributed by atoms with van der Waals surface area (Å²) in [6.07, 6.45) is 1.41. The van der Waals surface area contributed by atoms with Gasteiger partial charge in [-0.15, -0.1) is 0 Å². The lowest BCUT2D eigenvalue weighted by Gasteiger charge is -2.35. The van der Waals surface area contributed by atoms with Gasteiger partial charge in [-0.1, -0.05) is 15.9 Å². The van der Waals surface area contributed by atoms with E-state index in [2.05, 4.69) is 20.8 Å². The van der Waals surface area contributed by atoms with Crippen LogP contribution in [-0.4, -0.2) is 49.5 Å². The first-order valence-electron chi connectivity index (χ1n) is 6.83. The summed E-state index contributed by atoms with van der Waals surface area (Å²) in [6.45, 7) is 2.71. The zero-order chi connectivity index (χ0) is 14.6. The van der Waals surface area contributed by atoms with E-state index in [0.29, 0.717) is 32.6 Å². The van der Waals surface area contributed by atoms with Crippen molar-refractivity contribution >= 4 is 15.9 Å². The third-order valence-electron chi connectivity index (χ3n) is 3.68. The number of halogens is 1. The zero-order valence-electron chi connectivity index (χ0n) is 12.1. The van der Waals surface area contributed by atoms with Crippen molar-refractivity contribution in [3.05, 3.63) is 28.2 Å². The smallest absolute Gasteiger partial charge is 0.119 e. The Balaban J connectivity index is 1.98. The third kappa shape index (κ3) is 4.19. The molecule has 112 valence electrons. The summed E-state index contributed by atoms with van der Waals surface area (Å²) in [4.78, 5) is 2.14. The molecule has 0 aliphatic carbocycles. The number of hydrogen-bond acceptors (Lipinski definition) is 4. The Hall–Kier alpha value is -0.620. The number of benzene rings is 1. The van der Waals surface area contributed by atoms with Crippen molar-refractivity contribution in [1.82, 2.24) is 4.90 Å². The number of aliphatic hydroxyl groups is 1. The molecule has 4 nitrogen and oxygen atoms in total. The van der Waals surface area contributed by atoms with Crippen molar-refractivity contribution in [2.45, 2.75) is 25.0 Å². The minimum atomic E-state index is -0.627. The molecule has 1 heterocycles. The van der Waals surface area contributed by atoms with Crippen LogP contribution < -0.4 is 4.74 Å². The van der Waals surface area contributed by atoms with E-state index in [4.69, 9.17) is 9.47 Å². The first-order valence-corrected chi connectivity index (χ1v) is 7.63. The highest BCUT2D eigenvalue weighted by Crippen LogP contribution is 2.26. The highest BCUT2D eigenvalue weighted by Gasteiger charge is 2.31. The van der Waals surface area contributed by atoms with Crippen molar-refractivity contribution in [2.24, 2.45) is 0 Å². The van der Waals surface area contributed by atoms with Gasteiger partial charge in [0.2, 0.25) is 0 Å². The van der Waals surface area contributed by atoms with E-state index in [1.54, 1.807) is 7.11 Å². The molecule has 1 saturated heterocycles. The summed E-state index contributed by atoms with van der Waals surface area (Å²) in [7, 11) is 3.70. The van der Waals surface area contributed by atoms with E-state index in [1.807, 2.05) is 25.2 Å². The van der Waals surface area contributed by atoms with Gasteiger partial charge in [0.25, 0.3) is 0 Å². The lowest BCUT2D eigenvalue weighted by molar-refractivity contribution is -0.0777. The van der Waals surface area contributed by atoms with E-state index < -0.39 is 5.60 Å². The van der Waals surface area contributed by atoms with Crippen LogP contribution in [0.4, 0.5) is 0 Å². The normalized spacial score (nSPS) is 18.2. The lowest BCUT2D eigenvalue weighted by Crippen LogP contribution is -2.45. The van der Waals surface area contributed by atoms with E-state index >= 15 is 0 Å².